The van der Waals surface area contributed by atoms with E-state index in [9.17, 15) is 4.79 Å². The molecule has 2 rings (SSSR count). The molecule has 1 fully saturated rings. The highest BCUT2D eigenvalue weighted by molar-refractivity contribution is 5.77. The molecule has 4 heteroatoms. The second-order valence-electron chi connectivity index (χ2n) is 5.28. The summed E-state index contributed by atoms with van der Waals surface area (Å²) in [6.07, 6.45) is 2.39. The summed E-state index contributed by atoms with van der Waals surface area (Å²) in [6.45, 7) is 6.93. The molecular weight excluding hydrogens is 252 g/mol. The first-order valence-electron chi connectivity index (χ1n) is 7.41. The Bertz CT molecular complexity index is 454. The van der Waals surface area contributed by atoms with Gasteiger partial charge in [-0.25, -0.2) is 0 Å². The van der Waals surface area contributed by atoms with Crippen molar-refractivity contribution in [2.45, 2.75) is 32.6 Å². The van der Waals surface area contributed by atoms with Gasteiger partial charge in [0.15, 0.2) is 6.61 Å². The van der Waals surface area contributed by atoms with Crippen LogP contribution in [0.2, 0.25) is 0 Å². The largest absolute Gasteiger partial charge is 0.484 e. The number of likely N-dealkylation sites (N-methyl/N-ethyl adjacent to an activating group) is 1. The van der Waals surface area contributed by atoms with E-state index in [4.69, 9.17) is 4.74 Å². The quantitative estimate of drug-likeness (QED) is 0.864. The van der Waals surface area contributed by atoms with E-state index in [1.165, 1.54) is 24.0 Å². The lowest BCUT2D eigenvalue weighted by Gasteiger charge is -2.24. The van der Waals surface area contributed by atoms with Crippen molar-refractivity contribution < 1.29 is 9.53 Å². The van der Waals surface area contributed by atoms with Gasteiger partial charge in [0.1, 0.15) is 5.75 Å². The molecule has 2 N–H and O–H groups in total. The van der Waals surface area contributed by atoms with Gasteiger partial charge in [-0.1, -0.05) is 6.07 Å². The van der Waals surface area contributed by atoms with Crippen LogP contribution in [0.25, 0.3) is 0 Å². The van der Waals surface area contributed by atoms with E-state index in [0.29, 0.717) is 12.5 Å². The molecule has 0 atom stereocenters. The number of nitrogens with one attached hydrogen (secondary N) is 2. The molecular formula is C16H24N2O2. The molecule has 0 unspecified atom stereocenters. The lowest BCUT2D eigenvalue weighted by Crippen LogP contribution is -2.28. The fraction of sp³-hybridized carbons (Fsp3) is 0.562. The predicted molar refractivity (Wildman–Crippen MR) is 80.2 cm³/mol. The van der Waals surface area contributed by atoms with Crippen molar-refractivity contribution in [3.63, 3.8) is 0 Å². The molecule has 0 bridgehead atoms. The fourth-order valence-corrected chi connectivity index (χ4v) is 2.73. The van der Waals surface area contributed by atoms with Crippen LogP contribution in [-0.2, 0) is 4.79 Å². The monoisotopic (exact) mass is 276 g/mol. The summed E-state index contributed by atoms with van der Waals surface area (Å²) in [5, 5.41) is 6.11. The number of hydrogen-bond donors (Lipinski definition) is 2. The number of hydrogen-bond acceptors (Lipinski definition) is 3. The van der Waals surface area contributed by atoms with E-state index in [2.05, 4.69) is 23.6 Å². The number of carbonyl (C=O) groups is 1. The zero-order valence-electron chi connectivity index (χ0n) is 12.4. The van der Waals surface area contributed by atoms with E-state index < -0.39 is 0 Å². The maximum Gasteiger partial charge on any atom is 0.257 e. The van der Waals surface area contributed by atoms with Gasteiger partial charge in [0.2, 0.25) is 0 Å². The van der Waals surface area contributed by atoms with Crippen molar-refractivity contribution in [1.82, 2.24) is 10.6 Å². The van der Waals surface area contributed by atoms with E-state index in [-0.39, 0.29) is 12.5 Å². The van der Waals surface area contributed by atoms with Crippen molar-refractivity contribution in [2.24, 2.45) is 0 Å². The summed E-state index contributed by atoms with van der Waals surface area (Å²) in [5.41, 5.74) is 2.67. The zero-order chi connectivity index (χ0) is 14.4. The molecule has 1 aromatic carbocycles. The first-order chi connectivity index (χ1) is 9.70. The van der Waals surface area contributed by atoms with Gasteiger partial charge >= 0.3 is 0 Å². The average molecular weight is 276 g/mol. The van der Waals surface area contributed by atoms with E-state index in [1.807, 2.05) is 19.1 Å². The highest BCUT2D eigenvalue weighted by Crippen LogP contribution is 2.29. The summed E-state index contributed by atoms with van der Waals surface area (Å²) >= 11 is 0. The molecule has 1 aliphatic heterocycles. The molecule has 110 valence electrons. The van der Waals surface area contributed by atoms with Gasteiger partial charge in [-0.3, -0.25) is 4.79 Å². The maximum absolute atomic E-state index is 11.4. The summed E-state index contributed by atoms with van der Waals surface area (Å²) in [4.78, 5) is 11.4. The minimum absolute atomic E-state index is 0.0763. The van der Waals surface area contributed by atoms with Crippen molar-refractivity contribution in [1.29, 1.82) is 0 Å². The van der Waals surface area contributed by atoms with Crippen molar-refractivity contribution in [3.8, 4) is 5.75 Å². The Labute approximate surface area is 120 Å². The van der Waals surface area contributed by atoms with Gasteiger partial charge in [-0.15, -0.1) is 0 Å². The van der Waals surface area contributed by atoms with Crippen LogP contribution < -0.4 is 15.4 Å². The van der Waals surface area contributed by atoms with Gasteiger partial charge in [0.05, 0.1) is 0 Å². The van der Waals surface area contributed by atoms with Gasteiger partial charge < -0.3 is 15.4 Å². The highest BCUT2D eigenvalue weighted by atomic mass is 16.5. The van der Waals surface area contributed by atoms with Crippen molar-refractivity contribution >= 4 is 5.91 Å². The summed E-state index contributed by atoms with van der Waals surface area (Å²) < 4.78 is 5.52. The summed E-state index contributed by atoms with van der Waals surface area (Å²) in [5.74, 6) is 1.34. The third-order valence-corrected chi connectivity index (χ3v) is 3.76. The van der Waals surface area contributed by atoms with Crippen LogP contribution in [0.4, 0.5) is 0 Å². The second kappa shape index (κ2) is 7.29. The van der Waals surface area contributed by atoms with Crippen LogP contribution in [0.15, 0.2) is 18.2 Å². The van der Waals surface area contributed by atoms with Gasteiger partial charge in [-0.2, -0.15) is 0 Å². The highest BCUT2D eigenvalue weighted by Gasteiger charge is 2.17. The van der Waals surface area contributed by atoms with E-state index >= 15 is 0 Å². The fourth-order valence-electron chi connectivity index (χ4n) is 2.73. The molecule has 0 spiro atoms. The molecule has 0 aliphatic carbocycles. The molecule has 1 amide bonds. The SMILES string of the molecule is CCNC(=O)COc1ccc(C2CCNCC2)c(C)c1. The standard InChI is InChI=1S/C16H24N2O2/c1-3-18-16(19)11-20-14-4-5-15(12(2)10-14)13-6-8-17-9-7-13/h4-5,10,13,17H,3,6-9,11H2,1-2H3,(H,18,19). The van der Waals surface area contributed by atoms with Gasteiger partial charge in [0.25, 0.3) is 5.91 Å². The topological polar surface area (TPSA) is 50.4 Å². The smallest absolute Gasteiger partial charge is 0.257 e. The van der Waals surface area contributed by atoms with Crippen LogP contribution in [0.1, 0.15) is 36.8 Å². The minimum atomic E-state index is -0.0763. The number of aryl methyl sites for hydroxylation is 1. The molecule has 1 heterocycles. The molecule has 0 aromatic heterocycles. The molecule has 0 saturated carbocycles. The lowest BCUT2D eigenvalue weighted by molar-refractivity contribution is -0.122. The number of benzene rings is 1. The summed E-state index contributed by atoms with van der Waals surface area (Å²) in [6, 6.07) is 6.17. The third-order valence-electron chi connectivity index (χ3n) is 3.76. The van der Waals surface area contributed by atoms with E-state index in [0.717, 1.165) is 18.8 Å². The number of amides is 1. The van der Waals surface area contributed by atoms with Crippen LogP contribution in [0, 0.1) is 6.92 Å². The van der Waals surface area contributed by atoms with Crippen molar-refractivity contribution in [3.05, 3.63) is 29.3 Å². The molecule has 0 radical (unpaired) electrons. The Hall–Kier alpha value is -1.55. The third kappa shape index (κ3) is 3.97. The van der Waals surface area contributed by atoms with Gasteiger partial charge in [-0.05, 0) is 69.0 Å². The number of carbonyl (C=O) groups excluding carboxylic acids is 1. The Morgan fingerprint density at radius 1 is 1.40 bits per heavy atom. The van der Waals surface area contributed by atoms with Crippen molar-refractivity contribution in [2.75, 3.05) is 26.2 Å². The average Bonchev–Trinajstić information content (AvgIpc) is 2.46. The molecule has 1 saturated heterocycles. The first kappa shape index (κ1) is 14.9. The first-order valence-corrected chi connectivity index (χ1v) is 7.41. The normalized spacial score (nSPS) is 15.9. The van der Waals surface area contributed by atoms with E-state index in [1.54, 1.807) is 0 Å². The molecule has 4 nitrogen and oxygen atoms in total. The second-order valence-corrected chi connectivity index (χ2v) is 5.28. The van der Waals surface area contributed by atoms with Crippen LogP contribution in [0.3, 0.4) is 0 Å². The number of ether oxygens (including phenoxy) is 1. The zero-order valence-corrected chi connectivity index (χ0v) is 12.4. The Kier molecular flexibility index (Phi) is 5.41. The Morgan fingerprint density at radius 2 is 2.15 bits per heavy atom. The maximum atomic E-state index is 11.4. The predicted octanol–water partition coefficient (Wildman–Crippen LogP) is 1.98. The molecule has 20 heavy (non-hydrogen) atoms. The van der Waals surface area contributed by atoms with Crippen LogP contribution in [0.5, 0.6) is 5.75 Å². The lowest BCUT2D eigenvalue weighted by atomic mass is 9.87. The molecule has 1 aliphatic rings. The minimum Gasteiger partial charge on any atom is -0.484 e. The van der Waals surface area contributed by atoms with Crippen LogP contribution in [-0.4, -0.2) is 32.1 Å². The Morgan fingerprint density at radius 3 is 2.80 bits per heavy atom. The number of rotatable bonds is 5. The molecule has 1 aromatic rings. The number of piperidine rings is 1. The summed E-state index contributed by atoms with van der Waals surface area (Å²) in [7, 11) is 0. The Balaban J connectivity index is 1.96. The van der Waals surface area contributed by atoms with Gasteiger partial charge in [0, 0.05) is 6.54 Å². The van der Waals surface area contributed by atoms with Crippen LogP contribution >= 0.6 is 0 Å².